The molecule has 0 aliphatic heterocycles. The van der Waals surface area contributed by atoms with Crippen LogP contribution < -0.4 is 5.73 Å². The molecule has 0 saturated heterocycles. The largest absolute Gasteiger partial charge is 0.476 e. The molecule has 3 heterocycles. The zero-order chi connectivity index (χ0) is 13.6. The van der Waals surface area contributed by atoms with Crippen molar-refractivity contribution in [2.75, 3.05) is 5.73 Å². The molecule has 3 aromatic heterocycles. The fourth-order valence-electron chi connectivity index (χ4n) is 1.68. The summed E-state index contributed by atoms with van der Waals surface area (Å²) < 4.78 is 2.30. The van der Waals surface area contributed by atoms with Gasteiger partial charge in [-0.05, 0) is 28.1 Å². The highest BCUT2D eigenvalue weighted by molar-refractivity contribution is 9.11. The second-order valence-corrected chi connectivity index (χ2v) is 6.24. The monoisotopic (exact) mass is 338 g/mol. The predicted octanol–water partition coefficient (Wildman–Crippen LogP) is 2.50. The molecule has 96 valence electrons. The van der Waals surface area contributed by atoms with E-state index in [1.54, 1.807) is 6.07 Å². The SMILES string of the molecule is Nc1cc(-c2ccc(Br)s2)nc2cc(C(=O)O)nn12. The average Bonchev–Trinajstić information content (AvgIpc) is 2.95. The normalized spacial score (nSPS) is 11.0. The number of halogens is 1. The van der Waals surface area contributed by atoms with Crippen LogP contribution in [-0.4, -0.2) is 25.7 Å². The molecule has 0 bridgehead atoms. The van der Waals surface area contributed by atoms with E-state index in [-0.39, 0.29) is 5.69 Å². The first-order valence-electron chi connectivity index (χ1n) is 5.20. The number of rotatable bonds is 2. The fourth-order valence-corrected chi connectivity index (χ4v) is 3.03. The lowest BCUT2D eigenvalue weighted by Crippen LogP contribution is -2.02. The third kappa shape index (κ3) is 2.08. The first-order valence-corrected chi connectivity index (χ1v) is 6.81. The van der Waals surface area contributed by atoms with Gasteiger partial charge in [0.25, 0.3) is 0 Å². The molecular weight excluding hydrogens is 332 g/mol. The quantitative estimate of drug-likeness (QED) is 0.748. The minimum atomic E-state index is -1.11. The average molecular weight is 339 g/mol. The smallest absolute Gasteiger partial charge is 0.356 e. The summed E-state index contributed by atoms with van der Waals surface area (Å²) in [6.07, 6.45) is 0. The number of carboxylic acids is 1. The topological polar surface area (TPSA) is 93.5 Å². The van der Waals surface area contributed by atoms with E-state index in [4.69, 9.17) is 10.8 Å². The van der Waals surface area contributed by atoms with E-state index in [0.717, 1.165) is 8.66 Å². The van der Waals surface area contributed by atoms with Gasteiger partial charge in [0, 0.05) is 12.1 Å². The number of aromatic nitrogens is 3. The van der Waals surface area contributed by atoms with Crippen LogP contribution in [0.5, 0.6) is 0 Å². The third-order valence-electron chi connectivity index (χ3n) is 2.50. The summed E-state index contributed by atoms with van der Waals surface area (Å²) >= 11 is 4.91. The van der Waals surface area contributed by atoms with Crippen LogP contribution in [0.3, 0.4) is 0 Å². The number of carbonyl (C=O) groups is 1. The van der Waals surface area contributed by atoms with Gasteiger partial charge < -0.3 is 10.8 Å². The summed E-state index contributed by atoms with van der Waals surface area (Å²) in [6.45, 7) is 0. The zero-order valence-corrected chi connectivity index (χ0v) is 11.8. The van der Waals surface area contributed by atoms with Crippen LogP contribution in [-0.2, 0) is 0 Å². The van der Waals surface area contributed by atoms with Gasteiger partial charge in [0.2, 0.25) is 0 Å². The molecule has 0 atom stereocenters. The number of nitrogens with zero attached hydrogens (tertiary/aromatic N) is 3. The van der Waals surface area contributed by atoms with Gasteiger partial charge in [-0.3, -0.25) is 0 Å². The summed E-state index contributed by atoms with van der Waals surface area (Å²) in [5.41, 5.74) is 6.90. The van der Waals surface area contributed by atoms with Crippen molar-refractivity contribution in [3.63, 3.8) is 0 Å². The van der Waals surface area contributed by atoms with Gasteiger partial charge in [-0.2, -0.15) is 9.61 Å². The Labute approximate surface area is 119 Å². The molecule has 0 aromatic carbocycles. The fraction of sp³-hybridized carbons (Fsp3) is 0. The Morgan fingerprint density at radius 3 is 2.84 bits per heavy atom. The summed E-state index contributed by atoms with van der Waals surface area (Å²) in [4.78, 5) is 16.2. The molecule has 3 N–H and O–H groups in total. The lowest BCUT2D eigenvalue weighted by Gasteiger charge is -2.01. The molecule has 0 spiro atoms. The molecular formula is C11H7BrN4O2S. The number of aromatic carboxylic acids is 1. The number of hydrogen-bond donors (Lipinski definition) is 2. The van der Waals surface area contributed by atoms with Crippen LogP contribution in [0.2, 0.25) is 0 Å². The van der Waals surface area contributed by atoms with E-state index in [9.17, 15) is 4.79 Å². The second kappa shape index (κ2) is 4.32. The van der Waals surface area contributed by atoms with E-state index in [0.29, 0.717) is 17.2 Å². The van der Waals surface area contributed by atoms with Crippen molar-refractivity contribution in [3.8, 4) is 10.6 Å². The Hall–Kier alpha value is -1.93. The van der Waals surface area contributed by atoms with Crippen LogP contribution in [0.15, 0.2) is 28.1 Å². The number of thiophene rings is 1. The standard InChI is InChI=1S/C11H7BrN4O2S/c12-8-2-1-7(19-8)5-3-9(13)16-10(14-5)4-6(15-16)11(17)18/h1-4H,13H2,(H,17,18). The zero-order valence-electron chi connectivity index (χ0n) is 9.37. The number of carboxylic acid groups (broad SMARTS) is 1. The number of nitrogen functional groups attached to an aromatic ring is 1. The van der Waals surface area contributed by atoms with Crippen molar-refractivity contribution in [2.24, 2.45) is 0 Å². The first kappa shape index (κ1) is 12.1. The Bertz CT molecular complexity index is 795. The maximum Gasteiger partial charge on any atom is 0.356 e. The molecule has 0 aliphatic rings. The van der Waals surface area contributed by atoms with Gasteiger partial charge in [-0.25, -0.2) is 9.78 Å². The number of fused-ring (bicyclic) bond motifs is 1. The van der Waals surface area contributed by atoms with Crippen LogP contribution in [0.1, 0.15) is 10.5 Å². The third-order valence-corrected chi connectivity index (χ3v) is 4.15. The summed E-state index contributed by atoms with van der Waals surface area (Å²) in [6, 6.07) is 6.90. The summed E-state index contributed by atoms with van der Waals surface area (Å²) in [7, 11) is 0. The van der Waals surface area contributed by atoms with Gasteiger partial charge >= 0.3 is 5.97 Å². The molecule has 0 aliphatic carbocycles. The van der Waals surface area contributed by atoms with Crippen molar-refractivity contribution in [1.82, 2.24) is 14.6 Å². The van der Waals surface area contributed by atoms with Gasteiger partial charge in [0.05, 0.1) is 14.4 Å². The summed E-state index contributed by atoms with van der Waals surface area (Å²) in [5.74, 6) is -0.762. The Morgan fingerprint density at radius 2 is 2.21 bits per heavy atom. The van der Waals surface area contributed by atoms with Crippen molar-refractivity contribution in [3.05, 3.63) is 33.7 Å². The summed E-state index contributed by atoms with van der Waals surface area (Å²) in [5, 5.41) is 12.8. The molecule has 0 amide bonds. The van der Waals surface area contributed by atoms with Crippen molar-refractivity contribution in [1.29, 1.82) is 0 Å². The van der Waals surface area contributed by atoms with E-state index in [2.05, 4.69) is 26.0 Å². The molecule has 6 nitrogen and oxygen atoms in total. The molecule has 3 rings (SSSR count). The van der Waals surface area contributed by atoms with Crippen LogP contribution in [0.4, 0.5) is 5.82 Å². The minimum Gasteiger partial charge on any atom is -0.476 e. The molecule has 3 aromatic rings. The highest BCUT2D eigenvalue weighted by Crippen LogP contribution is 2.31. The Morgan fingerprint density at radius 1 is 1.42 bits per heavy atom. The lowest BCUT2D eigenvalue weighted by atomic mass is 10.3. The number of nitrogens with two attached hydrogens (primary N) is 1. The highest BCUT2D eigenvalue weighted by Gasteiger charge is 2.13. The first-order chi connectivity index (χ1) is 9.04. The van der Waals surface area contributed by atoms with Crippen molar-refractivity contribution in [2.45, 2.75) is 0 Å². The van der Waals surface area contributed by atoms with Gasteiger partial charge in [0.15, 0.2) is 11.3 Å². The molecule has 0 unspecified atom stereocenters. The minimum absolute atomic E-state index is 0.0799. The van der Waals surface area contributed by atoms with Gasteiger partial charge in [-0.1, -0.05) is 0 Å². The maximum atomic E-state index is 10.9. The van der Waals surface area contributed by atoms with Crippen LogP contribution in [0.25, 0.3) is 16.2 Å². The highest BCUT2D eigenvalue weighted by atomic mass is 79.9. The molecule has 8 heteroatoms. The van der Waals surface area contributed by atoms with Gasteiger partial charge in [-0.15, -0.1) is 11.3 Å². The van der Waals surface area contributed by atoms with E-state index >= 15 is 0 Å². The van der Waals surface area contributed by atoms with E-state index in [1.165, 1.54) is 21.9 Å². The number of anilines is 1. The molecule has 19 heavy (non-hydrogen) atoms. The van der Waals surface area contributed by atoms with Crippen molar-refractivity contribution < 1.29 is 9.90 Å². The van der Waals surface area contributed by atoms with E-state index < -0.39 is 5.97 Å². The number of hydrogen-bond acceptors (Lipinski definition) is 5. The van der Waals surface area contributed by atoms with E-state index in [1.807, 2.05) is 12.1 Å². The Kier molecular flexibility index (Phi) is 2.76. The second-order valence-electron chi connectivity index (χ2n) is 3.77. The van der Waals surface area contributed by atoms with Crippen molar-refractivity contribution >= 4 is 44.7 Å². The van der Waals surface area contributed by atoms with Crippen LogP contribution in [0, 0.1) is 0 Å². The van der Waals surface area contributed by atoms with Gasteiger partial charge in [0.1, 0.15) is 5.82 Å². The molecule has 0 radical (unpaired) electrons. The molecule has 0 fully saturated rings. The van der Waals surface area contributed by atoms with Crippen LogP contribution >= 0.6 is 27.3 Å². The molecule has 0 saturated carbocycles. The Balaban J connectivity index is 2.21. The lowest BCUT2D eigenvalue weighted by molar-refractivity contribution is 0.0690. The predicted molar refractivity (Wildman–Crippen MR) is 75.4 cm³/mol. The maximum absolute atomic E-state index is 10.9.